The molecule has 1 heterocycles. The van der Waals surface area contributed by atoms with Gasteiger partial charge in [-0.15, -0.1) is 0 Å². The SMILES string of the molecule is Cc1cccc(C)c1N1CC(C(=O)Nc2cc(C(F)(F)F)cc(C(F)(F)F)c2)(C(C)C)C(C)C1=O. The highest BCUT2D eigenvalue weighted by molar-refractivity contribution is 6.08. The van der Waals surface area contributed by atoms with E-state index in [1.54, 1.807) is 20.8 Å². The maximum absolute atomic E-state index is 13.6. The molecule has 0 aromatic heterocycles. The molecule has 0 saturated carbocycles. The molecule has 1 aliphatic heterocycles. The topological polar surface area (TPSA) is 49.4 Å². The summed E-state index contributed by atoms with van der Waals surface area (Å²) in [6.07, 6.45) is -10.1. The minimum Gasteiger partial charge on any atom is -0.325 e. The van der Waals surface area contributed by atoms with Gasteiger partial charge in [0.05, 0.1) is 22.5 Å². The van der Waals surface area contributed by atoms with Crippen LogP contribution in [0.5, 0.6) is 0 Å². The molecule has 2 atom stereocenters. The Kier molecular flexibility index (Phi) is 6.73. The van der Waals surface area contributed by atoms with E-state index >= 15 is 0 Å². The Bertz CT molecular complexity index is 1100. The Morgan fingerprint density at radius 3 is 1.91 bits per heavy atom. The fourth-order valence-corrected chi connectivity index (χ4v) is 4.84. The van der Waals surface area contributed by atoms with Crippen LogP contribution in [0, 0.1) is 31.1 Å². The van der Waals surface area contributed by atoms with E-state index < -0.39 is 52.3 Å². The number of nitrogens with zero attached hydrogens (tertiary/aromatic N) is 1. The molecule has 35 heavy (non-hydrogen) atoms. The molecule has 1 saturated heterocycles. The number of carbonyl (C=O) groups is 2. The molecule has 2 aromatic carbocycles. The van der Waals surface area contributed by atoms with Crippen LogP contribution in [0.25, 0.3) is 0 Å². The number of alkyl halides is 6. The van der Waals surface area contributed by atoms with E-state index in [1.165, 1.54) is 4.90 Å². The lowest BCUT2D eigenvalue weighted by molar-refractivity contribution is -0.143. The van der Waals surface area contributed by atoms with Crippen molar-refractivity contribution in [3.63, 3.8) is 0 Å². The minimum atomic E-state index is -5.05. The lowest BCUT2D eigenvalue weighted by Gasteiger charge is -2.35. The monoisotopic (exact) mass is 500 g/mol. The zero-order chi connectivity index (χ0) is 26.5. The molecule has 0 spiro atoms. The summed E-state index contributed by atoms with van der Waals surface area (Å²) in [6.45, 7) is 8.53. The van der Waals surface area contributed by atoms with Crippen molar-refractivity contribution < 1.29 is 35.9 Å². The van der Waals surface area contributed by atoms with Gasteiger partial charge in [-0.1, -0.05) is 39.0 Å². The predicted molar refractivity (Wildman–Crippen MR) is 120 cm³/mol. The van der Waals surface area contributed by atoms with Crippen LogP contribution in [0.1, 0.15) is 43.0 Å². The van der Waals surface area contributed by atoms with Gasteiger partial charge in [-0.25, -0.2) is 0 Å². The Morgan fingerprint density at radius 2 is 1.49 bits per heavy atom. The van der Waals surface area contributed by atoms with E-state index in [9.17, 15) is 35.9 Å². The Morgan fingerprint density at radius 1 is 1.00 bits per heavy atom. The van der Waals surface area contributed by atoms with Crippen molar-refractivity contribution in [2.24, 2.45) is 17.3 Å². The van der Waals surface area contributed by atoms with Crippen molar-refractivity contribution in [2.75, 3.05) is 16.8 Å². The maximum Gasteiger partial charge on any atom is 0.416 e. The van der Waals surface area contributed by atoms with Gasteiger partial charge >= 0.3 is 12.4 Å². The highest BCUT2D eigenvalue weighted by atomic mass is 19.4. The Labute approximate surface area is 199 Å². The van der Waals surface area contributed by atoms with E-state index in [-0.39, 0.29) is 18.5 Å². The molecule has 0 aliphatic carbocycles. The molecule has 190 valence electrons. The number of hydrogen-bond donors (Lipinski definition) is 1. The first-order valence-corrected chi connectivity index (χ1v) is 11.0. The largest absolute Gasteiger partial charge is 0.416 e. The molecule has 2 aromatic rings. The number of aryl methyl sites for hydroxylation is 2. The van der Waals surface area contributed by atoms with Crippen LogP contribution in [0.4, 0.5) is 37.7 Å². The normalized spacial score (nSPS) is 21.1. The second-order valence-corrected chi connectivity index (χ2v) is 9.33. The molecular weight excluding hydrogens is 474 g/mol. The average molecular weight is 500 g/mol. The van der Waals surface area contributed by atoms with E-state index in [1.807, 2.05) is 32.0 Å². The summed E-state index contributed by atoms with van der Waals surface area (Å²) in [5, 5.41) is 2.27. The highest BCUT2D eigenvalue weighted by Crippen LogP contribution is 2.47. The van der Waals surface area contributed by atoms with Crippen molar-refractivity contribution in [3.05, 3.63) is 58.7 Å². The molecule has 0 bridgehead atoms. The van der Waals surface area contributed by atoms with E-state index in [0.717, 1.165) is 11.1 Å². The van der Waals surface area contributed by atoms with Gasteiger partial charge < -0.3 is 10.2 Å². The first-order valence-electron chi connectivity index (χ1n) is 11.0. The number of amides is 2. The van der Waals surface area contributed by atoms with E-state index in [0.29, 0.717) is 17.8 Å². The number of hydrogen-bond acceptors (Lipinski definition) is 2. The fraction of sp³-hybridized carbons (Fsp3) is 0.440. The summed E-state index contributed by atoms with van der Waals surface area (Å²) < 4.78 is 79.6. The van der Waals surface area contributed by atoms with E-state index in [4.69, 9.17) is 0 Å². The van der Waals surface area contributed by atoms with Crippen LogP contribution in [0.2, 0.25) is 0 Å². The van der Waals surface area contributed by atoms with E-state index in [2.05, 4.69) is 5.32 Å². The number of halogens is 6. The number of benzene rings is 2. The van der Waals surface area contributed by atoms with Gasteiger partial charge in [0.1, 0.15) is 0 Å². The van der Waals surface area contributed by atoms with Crippen LogP contribution in [-0.4, -0.2) is 18.4 Å². The molecule has 2 amide bonds. The van der Waals surface area contributed by atoms with Crippen LogP contribution < -0.4 is 10.2 Å². The van der Waals surface area contributed by atoms with Crippen molar-refractivity contribution in [1.29, 1.82) is 0 Å². The van der Waals surface area contributed by atoms with Crippen molar-refractivity contribution in [3.8, 4) is 0 Å². The summed E-state index contributed by atoms with van der Waals surface area (Å²) in [4.78, 5) is 28.3. The third-order valence-corrected chi connectivity index (χ3v) is 6.84. The molecule has 1 N–H and O–H groups in total. The molecule has 10 heteroatoms. The molecule has 4 nitrogen and oxygen atoms in total. The summed E-state index contributed by atoms with van der Waals surface area (Å²) in [5.74, 6) is -2.47. The molecule has 3 rings (SSSR count). The van der Waals surface area contributed by atoms with Crippen LogP contribution >= 0.6 is 0 Å². The Balaban J connectivity index is 2.06. The molecule has 0 radical (unpaired) electrons. The van der Waals surface area contributed by atoms with Gasteiger partial charge in [0, 0.05) is 17.9 Å². The lowest BCUT2D eigenvalue weighted by atomic mass is 9.69. The standard InChI is InChI=1S/C25H26F6N2O2/c1-13(2)23(12-33(21(34)16(23)5)20-14(3)7-6-8-15(20)4)22(35)32-19-10-17(24(26,27)28)9-18(11-19)25(29,30)31/h6-11,13,16H,12H2,1-5H3,(H,32,35). The maximum atomic E-state index is 13.6. The highest BCUT2D eigenvalue weighted by Gasteiger charge is 2.57. The van der Waals surface area contributed by atoms with Crippen molar-refractivity contribution in [1.82, 2.24) is 0 Å². The smallest absolute Gasteiger partial charge is 0.325 e. The third-order valence-electron chi connectivity index (χ3n) is 6.84. The molecule has 2 unspecified atom stereocenters. The van der Waals surface area contributed by atoms with Crippen LogP contribution in [0.3, 0.4) is 0 Å². The zero-order valence-corrected chi connectivity index (χ0v) is 19.9. The summed E-state index contributed by atoms with van der Waals surface area (Å²) >= 11 is 0. The Hall–Kier alpha value is -3.04. The number of rotatable bonds is 4. The van der Waals surface area contributed by atoms with Crippen LogP contribution in [0.15, 0.2) is 36.4 Å². The van der Waals surface area contributed by atoms with Gasteiger partial charge in [0.2, 0.25) is 11.8 Å². The minimum absolute atomic E-state index is 0.00170. The van der Waals surface area contributed by atoms with Gasteiger partial charge in [0.25, 0.3) is 0 Å². The molecule has 1 aliphatic rings. The lowest BCUT2D eigenvalue weighted by Crippen LogP contribution is -2.46. The summed E-state index contributed by atoms with van der Waals surface area (Å²) in [7, 11) is 0. The van der Waals surface area contributed by atoms with Crippen LogP contribution in [-0.2, 0) is 21.9 Å². The van der Waals surface area contributed by atoms with Crippen molar-refractivity contribution >= 4 is 23.2 Å². The third kappa shape index (κ3) is 4.75. The molecule has 1 fully saturated rings. The van der Waals surface area contributed by atoms with Crippen molar-refractivity contribution in [2.45, 2.75) is 47.0 Å². The van der Waals surface area contributed by atoms with Gasteiger partial charge in [0.15, 0.2) is 0 Å². The second-order valence-electron chi connectivity index (χ2n) is 9.33. The fourth-order valence-electron chi connectivity index (χ4n) is 4.84. The average Bonchev–Trinajstić information content (AvgIpc) is 2.99. The number of para-hydroxylation sites is 1. The second kappa shape index (κ2) is 8.87. The van der Waals surface area contributed by atoms with Gasteiger partial charge in [-0.2, -0.15) is 26.3 Å². The van der Waals surface area contributed by atoms with Gasteiger partial charge in [-0.05, 0) is 49.1 Å². The molecular formula is C25H26F6N2O2. The quantitative estimate of drug-likeness (QED) is 0.481. The summed E-state index contributed by atoms with van der Waals surface area (Å²) in [5.41, 5.74) is -2.85. The number of carbonyl (C=O) groups excluding carboxylic acids is 2. The predicted octanol–water partition coefficient (Wildman–Crippen LogP) is 6.60. The zero-order valence-electron chi connectivity index (χ0n) is 19.9. The first-order chi connectivity index (χ1) is 16.0. The number of anilines is 2. The van der Waals surface area contributed by atoms with Gasteiger partial charge in [-0.3, -0.25) is 9.59 Å². The first kappa shape index (κ1) is 26.6. The summed E-state index contributed by atoms with van der Waals surface area (Å²) in [6, 6.07) is 6.39. The number of nitrogens with one attached hydrogen (secondary N) is 1.